The number of nitrogens with zero attached hydrogens (tertiary/aromatic N) is 2. The third-order valence-electron chi connectivity index (χ3n) is 3.41. The Morgan fingerprint density at radius 1 is 1.09 bits per heavy atom. The van der Waals surface area contributed by atoms with Crippen molar-refractivity contribution in [3.63, 3.8) is 0 Å². The molecule has 7 heteroatoms. The average molecular weight is 320 g/mol. The molecule has 0 aliphatic carbocycles. The number of rotatable bonds is 2. The van der Waals surface area contributed by atoms with Crippen LogP contribution >= 0.6 is 0 Å². The van der Waals surface area contributed by atoms with Crippen molar-refractivity contribution in [3.8, 4) is 5.69 Å². The summed E-state index contributed by atoms with van der Waals surface area (Å²) in [6.45, 7) is 0. The Morgan fingerprint density at radius 3 is 2.35 bits per heavy atom. The molecule has 0 atom stereocenters. The summed E-state index contributed by atoms with van der Waals surface area (Å²) in [5.74, 6) is -0.605. The zero-order valence-corrected chi connectivity index (χ0v) is 12.0. The molecule has 0 bridgehead atoms. The molecule has 0 unspecified atom stereocenters. The predicted octanol–water partition coefficient (Wildman–Crippen LogP) is 3.83. The Bertz CT molecular complexity index is 867. The molecule has 0 fully saturated rings. The lowest BCUT2D eigenvalue weighted by molar-refractivity contribution is -0.137. The molecule has 0 radical (unpaired) electrons. The summed E-state index contributed by atoms with van der Waals surface area (Å²) in [5, 5.41) is 4.75. The summed E-state index contributed by atoms with van der Waals surface area (Å²) in [6.07, 6.45) is -4.40. The van der Waals surface area contributed by atoms with Crippen LogP contribution < -0.4 is 0 Å². The van der Waals surface area contributed by atoms with Crippen molar-refractivity contribution in [2.24, 2.45) is 0 Å². The van der Waals surface area contributed by atoms with Gasteiger partial charge in [-0.1, -0.05) is 18.2 Å². The van der Waals surface area contributed by atoms with E-state index < -0.39 is 17.7 Å². The van der Waals surface area contributed by atoms with E-state index in [2.05, 4.69) is 5.10 Å². The number of carbonyl (C=O) groups excluding carboxylic acids is 1. The van der Waals surface area contributed by atoms with Crippen LogP contribution in [-0.4, -0.2) is 22.9 Å². The van der Waals surface area contributed by atoms with Crippen LogP contribution in [0.2, 0.25) is 0 Å². The molecule has 118 valence electrons. The van der Waals surface area contributed by atoms with Crippen molar-refractivity contribution < 1.29 is 22.7 Å². The number of methoxy groups -OCH3 is 1. The van der Waals surface area contributed by atoms with Gasteiger partial charge in [0.1, 0.15) is 0 Å². The van der Waals surface area contributed by atoms with E-state index in [0.29, 0.717) is 16.6 Å². The summed E-state index contributed by atoms with van der Waals surface area (Å²) in [6, 6.07) is 11.5. The minimum absolute atomic E-state index is 0.114. The third-order valence-corrected chi connectivity index (χ3v) is 3.41. The van der Waals surface area contributed by atoms with Gasteiger partial charge in [0.25, 0.3) is 0 Å². The fraction of sp³-hybridized carbons (Fsp3) is 0.125. The van der Waals surface area contributed by atoms with E-state index in [1.165, 1.54) is 23.9 Å². The van der Waals surface area contributed by atoms with E-state index in [1.807, 2.05) is 0 Å². The summed E-state index contributed by atoms with van der Waals surface area (Å²) in [7, 11) is 1.24. The highest BCUT2D eigenvalue weighted by Crippen LogP contribution is 2.30. The Hall–Kier alpha value is -2.83. The van der Waals surface area contributed by atoms with Gasteiger partial charge >= 0.3 is 12.1 Å². The molecule has 2 aromatic carbocycles. The first-order valence-corrected chi connectivity index (χ1v) is 6.65. The number of fused-ring (bicyclic) bond motifs is 1. The number of carbonyl (C=O) groups is 1. The molecule has 0 saturated carbocycles. The monoisotopic (exact) mass is 320 g/mol. The van der Waals surface area contributed by atoms with Crippen molar-refractivity contribution in [3.05, 3.63) is 59.8 Å². The van der Waals surface area contributed by atoms with E-state index in [0.717, 1.165) is 12.1 Å². The second-order valence-electron chi connectivity index (χ2n) is 4.81. The third kappa shape index (κ3) is 2.65. The van der Waals surface area contributed by atoms with Crippen LogP contribution in [0.3, 0.4) is 0 Å². The second-order valence-corrected chi connectivity index (χ2v) is 4.81. The molecule has 3 rings (SSSR count). The van der Waals surface area contributed by atoms with E-state index in [-0.39, 0.29) is 5.69 Å². The minimum Gasteiger partial charge on any atom is -0.464 e. The van der Waals surface area contributed by atoms with Gasteiger partial charge in [0, 0.05) is 5.39 Å². The van der Waals surface area contributed by atoms with E-state index in [1.54, 1.807) is 24.3 Å². The Balaban J connectivity index is 2.15. The first-order chi connectivity index (χ1) is 10.9. The van der Waals surface area contributed by atoms with Gasteiger partial charge in [-0.15, -0.1) is 0 Å². The lowest BCUT2D eigenvalue weighted by Gasteiger charge is -2.08. The van der Waals surface area contributed by atoms with Crippen LogP contribution in [0.25, 0.3) is 16.6 Å². The number of esters is 1. The number of para-hydroxylation sites is 1. The number of benzene rings is 2. The van der Waals surface area contributed by atoms with Gasteiger partial charge in [-0.3, -0.25) is 0 Å². The minimum atomic E-state index is -4.40. The zero-order valence-electron chi connectivity index (χ0n) is 12.0. The van der Waals surface area contributed by atoms with Crippen molar-refractivity contribution in [1.82, 2.24) is 9.78 Å². The molecule has 0 aliphatic heterocycles. The molecule has 0 N–H and O–H groups in total. The predicted molar refractivity (Wildman–Crippen MR) is 77.4 cm³/mol. The van der Waals surface area contributed by atoms with Gasteiger partial charge in [0.2, 0.25) is 0 Å². The number of alkyl halides is 3. The SMILES string of the molecule is COC(=O)c1nn(-c2ccc(C(F)(F)F)cc2)c2ccccc12. The topological polar surface area (TPSA) is 44.1 Å². The van der Waals surface area contributed by atoms with Crippen molar-refractivity contribution in [2.45, 2.75) is 6.18 Å². The molecule has 23 heavy (non-hydrogen) atoms. The molecule has 3 aromatic rings. The molecule has 1 aromatic heterocycles. The molecular formula is C16H11F3N2O2. The molecular weight excluding hydrogens is 309 g/mol. The Morgan fingerprint density at radius 2 is 1.74 bits per heavy atom. The van der Waals surface area contributed by atoms with Gasteiger partial charge in [-0.25, -0.2) is 9.48 Å². The van der Waals surface area contributed by atoms with Crippen LogP contribution in [-0.2, 0) is 10.9 Å². The molecule has 1 heterocycles. The normalized spacial score (nSPS) is 11.7. The number of hydrogen-bond donors (Lipinski definition) is 0. The molecule has 0 spiro atoms. The highest BCUT2D eigenvalue weighted by atomic mass is 19.4. The number of ether oxygens (including phenoxy) is 1. The van der Waals surface area contributed by atoms with Crippen LogP contribution in [0.4, 0.5) is 13.2 Å². The summed E-state index contributed by atoms with van der Waals surface area (Å²) in [5.41, 5.74) is 0.394. The quantitative estimate of drug-likeness (QED) is 0.674. The van der Waals surface area contributed by atoms with Gasteiger partial charge in [-0.05, 0) is 30.3 Å². The van der Waals surface area contributed by atoms with Gasteiger partial charge in [-0.2, -0.15) is 18.3 Å². The van der Waals surface area contributed by atoms with E-state index in [9.17, 15) is 18.0 Å². The fourth-order valence-corrected chi connectivity index (χ4v) is 2.30. The van der Waals surface area contributed by atoms with E-state index in [4.69, 9.17) is 4.74 Å². The van der Waals surface area contributed by atoms with Crippen molar-refractivity contribution >= 4 is 16.9 Å². The summed E-state index contributed by atoms with van der Waals surface area (Å²) >= 11 is 0. The molecule has 0 saturated heterocycles. The van der Waals surface area contributed by atoms with Gasteiger partial charge < -0.3 is 4.74 Å². The lowest BCUT2D eigenvalue weighted by atomic mass is 10.2. The first-order valence-electron chi connectivity index (χ1n) is 6.65. The molecule has 4 nitrogen and oxygen atoms in total. The van der Waals surface area contributed by atoms with Crippen LogP contribution in [0.15, 0.2) is 48.5 Å². The second kappa shape index (κ2) is 5.42. The zero-order chi connectivity index (χ0) is 16.6. The average Bonchev–Trinajstić information content (AvgIpc) is 2.93. The smallest absolute Gasteiger partial charge is 0.416 e. The van der Waals surface area contributed by atoms with Gasteiger partial charge in [0.05, 0.1) is 23.9 Å². The van der Waals surface area contributed by atoms with Crippen LogP contribution in [0.1, 0.15) is 16.1 Å². The largest absolute Gasteiger partial charge is 0.464 e. The van der Waals surface area contributed by atoms with Crippen LogP contribution in [0, 0.1) is 0 Å². The van der Waals surface area contributed by atoms with Gasteiger partial charge in [0.15, 0.2) is 5.69 Å². The van der Waals surface area contributed by atoms with Crippen molar-refractivity contribution in [1.29, 1.82) is 0 Å². The summed E-state index contributed by atoms with van der Waals surface area (Å²) < 4.78 is 44.1. The summed E-state index contributed by atoms with van der Waals surface area (Å²) in [4.78, 5) is 11.8. The van der Waals surface area contributed by atoms with Crippen LogP contribution in [0.5, 0.6) is 0 Å². The van der Waals surface area contributed by atoms with Crippen molar-refractivity contribution in [2.75, 3.05) is 7.11 Å². The number of halogens is 3. The number of hydrogen-bond acceptors (Lipinski definition) is 3. The maximum Gasteiger partial charge on any atom is 0.416 e. The maximum absolute atomic E-state index is 12.6. The maximum atomic E-state index is 12.6. The first kappa shape index (κ1) is 15.1. The lowest BCUT2D eigenvalue weighted by Crippen LogP contribution is -2.06. The fourth-order valence-electron chi connectivity index (χ4n) is 2.30. The molecule has 0 aliphatic rings. The standard InChI is InChI=1S/C16H11F3N2O2/c1-23-15(22)14-12-4-2-3-5-13(12)21(20-14)11-8-6-10(7-9-11)16(17,18)19/h2-9H,1H3. The number of aromatic nitrogens is 2. The highest BCUT2D eigenvalue weighted by Gasteiger charge is 2.30. The Labute approximate surface area is 129 Å². The highest BCUT2D eigenvalue weighted by molar-refractivity contribution is 6.02. The molecule has 0 amide bonds. The Kier molecular flexibility index (Phi) is 3.55. The van der Waals surface area contributed by atoms with E-state index >= 15 is 0 Å².